The fourth-order valence-corrected chi connectivity index (χ4v) is 9.17. The summed E-state index contributed by atoms with van der Waals surface area (Å²) in [4.78, 5) is 65.5. The molecular weight excluding hydrogens is 719 g/mol. The van der Waals surface area contributed by atoms with E-state index in [0.717, 1.165) is 22.3 Å². The highest BCUT2D eigenvalue weighted by Gasteiger charge is 2.42. The zero-order valence-electron chi connectivity index (χ0n) is 31.0. The number of likely N-dealkylation sites (tertiary alicyclic amines) is 2. The van der Waals surface area contributed by atoms with Gasteiger partial charge in [0.15, 0.2) is 11.6 Å². The van der Waals surface area contributed by atoms with Gasteiger partial charge in [-0.3, -0.25) is 19.4 Å². The molecule has 0 bridgehead atoms. The smallest absolute Gasteiger partial charge is 0.417 e. The molecule has 56 heavy (non-hydrogen) atoms. The van der Waals surface area contributed by atoms with E-state index in [1.807, 2.05) is 36.4 Å². The van der Waals surface area contributed by atoms with Crippen LogP contribution in [0.4, 0.5) is 8.78 Å². The lowest BCUT2D eigenvalue weighted by Crippen LogP contribution is -2.54. The molecule has 2 aromatic carbocycles. The number of Topliss-reactive ketones (excluding diaryl/α,β-unsaturated/α-hetero) is 2. The maximum Gasteiger partial charge on any atom is 0.417 e. The highest BCUT2D eigenvalue weighted by atomic mass is 19.1. The van der Waals surface area contributed by atoms with E-state index < -0.39 is 36.0 Å². The van der Waals surface area contributed by atoms with Gasteiger partial charge in [-0.05, 0) is 111 Å². The van der Waals surface area contributed by atoms with Crippen molar-refractivity contribution in [1.82, 2.24) is 19.8 Å². The van der Waals surface area contributed by atoms with Crippen molar-refractivity contribution in [2.75, 3.05) is 26.2 Å². The number of ether oxygens (including phenoxy) is 2. The highest BCUT2D eigenvalue weighted by Crippen LogP contribution is 2.33. The van der Waals surface area contributed by atoms with Crippen LogP contribution in [0.1, 0.15) is 68.7 Å². The molecule has 4 heterocycles. The van der Waals surface area contributed by atoms with Crippen LogP contribution in [0.3, 0.4) is 0 Å². The summed E-state index contributed by atoms with van der Waals surface area (Å²) < 4.78 is 38.9. The molecule has 0 N–H and O–H groups in total. The van der Waals surface area contributed by atoms with Crippen LogP contribution >= 0.6 is 0 Å². The van der Waals surface area contributed by atoms with Crippen LogP contribution in [0.25, 0.3) is 0 Å². The van der Waals surface area contributed by atoms with Gasteiger partial charge in [-0.1, -0.05) is 48.5 Å². The van der Waals surface area contributed by atoms with Crippen LogP contribution in [-0.2, 0) is 44.7 Å². The minimum Gasteiger partial charge on any atom is -0.452 e. The van der Waals surface area contributed by atoms with Crippen LogP contribution in [0.5, 0.6) is 0 Å². The second kappa shape index (κ2) is 16.5. The Hall–Kier alpha value is -5.20. The van der Waals surface area contributed by atoms with Crippen LogP contribution < -0.4 is 0 Å². The Labute approximate surface area is 324 Å². The average Bonchev–Trinajstić information content (AvgIpc) is 3.23. The molecule has 4 aliphatic rings. The fourth-order valence-electron chi connectivity index (χ4n) is 9.17. The molecule has 12 heteroatoms. The number of benzene rings is 2. The van der Waals surface area contributed by atoms with Crippen LogP contribution in [0.15, 0.2) is 85.2 Å². The summed E-state index contributed by atoms with van der Waals surface area (Å²) in [6.07, 6.45) is 5.88. The van der Waals surface area contributed by atoms with Gasteiger partial charge in [0, 0.05) is 48.2 Å². The number of carbonyl (C=O) groups is 4. The molecule has 2 saturated heterocycles. The SMILES string of the molecule is O=C(OC1Cc2ccccc2CC1N1CCC(C(=O)c2ccc(F)nc2)CC1)C(=O)OC1Cc2ccccc2CC1N1CCC(C(=O)c2ccc(F)nc2)CC1. The number of aromatic nitrogens is 2. The minimum absolute atomic E-state index is 0.0547. The van der Waals surface area contributed by atoms with Crippen molar-refractivity contribution in [3.8, 4) is 0 Å². The van der Waals surface area contributed by atoms with E-state index in [4.69, 9.17) is 9.47 Å². The lowest BCUT2D eigenvalue weighted by Gasteiger charge is -2.43. The number of ketones is 2. The molecule has 4 unspecified atom stereocenters. The molecule has 290 valence electrons. The third-order valence-electron chi connectivity index (χ3n) is 12.2. The Balaban J connectivity index is 0.929. The normalized spacial score (nSPS) is 23.4. The number of halogens is 2. The van der Waals surface area contributed by atoms with Crippen molar-refractivity contribution in [2.24, 2.45) is 11.8 Å². The van der Waals surface area contributed by atoms with Crippen LogP contribution in [-0.4, -0.2) is 93.7 Å². The van der Waals surface area contributed by atoms with E-state index in [0.29, 0.717) is 88.7 Å². The van der Waals surface area contributed by atoms with Crippen molar-refractivity contribution < 1.29 is 37.4 Å². The third-order valence-corrected chi connectivity index (χ3v) is 12.2. The van der Waals surface area contributed by atoms with E-state index in [2.05, 4.69) is 31.9 Å². The van der Waals surface area contributed by atoms with E-state index >= 15 is 0 Å². The summed E-state index contributed by atoms with van der Waals surface area (Å²) in [5, 5.41) is 0. The molecule has 2 aliphatic heterocycles. The molecule has 2 aliphatic carbocycles. The first-order chi connectivity index (χ1) is 27.2. The van der Waals surface area contributed by atoms with Gasteiger partial charge < -0.3 is 9.47 Å². The summed E-state index contributed by atoms with van der Waals surface area (Å²) in [5.74, 6) is -3.87. The Bertz CT molecular complexity index is 1930. The van der Waals surface area contributed by atoms with Gasteiger partial charge in [0.25, 0.3) is 0 Å². The zero-order chi connectivity index (χ0) is 38.8. The summed E-state index contributed by atoms with van der Waals surface area (Å²) in [7, 11) is 0. The number of rotatable bonds is 8. The van der Waals surface area contributed by atoms with Gasteiger partial charge in [-0.2, -0.15) is 8.78 Å². The Morgan fingerprint density at radius 1 is 0.518 bits per heavy atom. The molecule has 0 spiro atoms. The van der Waals surface area contributed by atoms with Crippen LogP contribution in [0.2, 0.25) is 0 Å². The largest absolute Gasteiger partial charge is 0.452 e. The van der Waals surface area contributed by atoms with Crippen LogP contribution in [0, 0.1) is 23.7 Å². The van der Waals surface area contributed by atoms with Gasteiger partial charge in [-0.15, -0.1) is 0 Å². The van der Waals surface area contributed by atoms with Gasteiger partial charge in [0.1, 0.15) is 12.2 Å². The third kappa shape index (κ3) is 8.17. The van der Waals surface area contributed by atoms with E-state index in [-0.39, 0.29) is 35.5 Å². The number of fused-ring (bicyclic) bond motifs is 2. The maximum atomic E-state index is 13.7. The number of hydrogen-bond acceptors (Lipinski definition) is 10. The van der Waals surface area contributed by atoms with Crippen molar-refractivity contribution in [3.05, 3.63) is 130 Å². The molecule has 4 aromatic rings. The first-order valence-electron chi connectivity index (χ1n) is 19.5. The number of esters is 2. The molecule has 0 saturated carbocycles. The zero-order valence-corrected chi connectivity index (χ0v) is 31.0. The second-order valence-electron chi connectivity index (χ2n) is 15.5. The summed E-state index contributed by atoms with van der Waals surface area (Å²) in [6, 6.07) is 21.0. The summed E-state index contributed by atoms with van der Waals surface area (Å²) >= 11 is 0. The Morgan fingerprint density at radius 2 is 0.875 bits per heavy atom. The van der Waals surface area contributed by atoms with E-state index in [9.17, 15) is 28.0 Å². The molecule has 0 amide bonds. The molecular formula is C44H44F2N4O6. The monoisotopic (exact) mass is 762 g/mol. The fraction of sp³-hybridized carbons (Fsp3) is 0.409. The first kappa shape index (κ1) is 37.7. The number of pyridine rings is 2. The standard InChI is InChI=1S/C44H44F2N4O6/c45-39-11-9-33(25-47-39)41(51)27-13-17-49(18-14-27)35-21-29-5-1-3-7-31(29)23-37(35)55-43(53)44(54)56-38-24-32-8-4-2-6-30(32)22-36(38)50-19-15-28(16-20-50)42(52)34-10-12-40(46)48-26-34/h1-12,25-28,35-38H,13-24H2. The van der Waals surface area contributed by atoms with Crippen molar-refractivity contribution in [1.29, 1.82) is 0 Å². The van der Waals surface area contributed by atoms with Crippen molar-refractivity contribution in [3.63, 3.8) is 0 Å². The van der Waals surface area contributed by atoms with Gasteiger partial charge in [0.05, 0.1) is 12.1 Å². The molecule has 8 rings (SSSR count). The van der Waals surface area contributed by atoms with Gasteiger partial charge in [-0.25, -0.2) is 19.6 Å². The number of nitrogens with zero attached hydrogens (tertiary/aromatic N) is 4. The van der Waals surface area contributed by atoms with E-state index in [1.54, 1.807) is 0 Å². The van der Waals surface area contributed by atoms with Crippen molar-refractivity contribution >= 4 is 23.5 Å². The summed E-state index contributed by atoms with van der Waals surface area (Å²) in [5.41, 5.74) is 5.22. The average molecular weight is 763 g/mol. The summed E-state index contributed by atoms with van der Waals surface area (Å²) in [6.45, 7) is 2.40. The highest BCUT2D eigenvalue weighted by molar-refractivity contribution is 6.29. The Morgan fingerprint density at radius 3 is 1.21 bits per heavy atom. The predicted octanol–water partition coefficient (Wildman–Crippen LogP) is 5.40. The number of hydrogen-bond donors (Lipinski definition) is 0. The lowest BCUT2D eigenvalue weighted by atomic mass is 9.82. The molecule has 10 nitrogen and oxygen atoms in total. The quantitative estimate of drug-likeness (QED) is 0.1000. The number of carbonyl (C=O) groups excluding carboxylic acids is 4. The van der Waals surface area contributed by atoms with Crippen molar-refractivity contribution in [2.45, 2.75) is 75.7 Å². The topological polar surface area (TPSA) is 119 Å². The molecule has 2 aromatic heterocycles. The van der Waals surface area contributed by atoms with Gasteiger partial charge in [0.2, 0.25) is 11.9 Å². The lowest BCUT2D eigenvalue weighted by molar-refractivity contribution is -0.178. The first-order valence-corrected chi connectivity index (χ1v) is 19.5. The number of piperidine rings is 2. The molecule has 4 atom stereocenters. The van der Waals surface area contributed by atoms with Gasteiger partial charge >= 0.3 is 11.9 Å². The van der Waals surface area contributed by atoms with E-state index in [1.165, 1.54) is 36.7 Å². The maximum absolute atomic E-state index is 13.7. The Kier molecular flexibility index (Phi) is 11.1. The molecule has 0 radical (unpaired) electrons. The predicted molar refractivity (Wildman–Crippen MR) is 201 cm³/mol. The minimum atomic E-state index is -1.02. The molecule has 2 fully saturated rings. The second-order valence-corrected chi connectivity index (χ2v) is 15.5.